The van der Waals surface area contributed by atoms with Crippen LogP contribution < -0.4 is 0 Å². The largest absolute Gasteiger partial charge is 0.298 e. The van der Waals surface area contributed by atoms with Crippen LogP contribution >= 0.6 is 0 Å². The summed E-state index contributed by atoms with van der Waals surface area (Å²) in [5.74, 6) is -0.692. The summed E-state index contributed by atoms with van der Waals surface area (Å²) in [5, 5.41) is 0. The van der Waals surface area contributed by atoms with Crippen molar-refractivity contribution in [2.45, 2.75) is 39.5 Å². The van der Waals surface area contributed by atoms with Crippen molar-refractivity contribution >= 4 is 15.6 Å². The number of carbonyl (C=O) groups is 1. The third kappa shape index (κ3) is 3.42. The Labute approximate surface area is 109 Å². The number of rotatable bonds is 3. The lowest BCUT2D eigenvalue weighted by Gasteiger charge is -2.17. The molecular weight excluding hydrogens is 248 g/mol. The summed E-state index contributed by atoms with van der Waals surface area (Å²) in [4.78, 5) is 12.1. The molecule has 0 aliphatic rings. The fraction of sp³-hybridized carbons (Fsp3) is 0.500. The van der Waals surface area contributed by atoms with Gasteiger partial charge in [0, 0.05) is 5.41 Å². The van der Waals surface area contributed by atoms with Crippen LogP contribution in [0.3, 0.4) is 0 Å². The van der Waals surface area contributed by atoms with Gasteiger partial charge in [0.1, 0.15) is 5.75 Å². The number of Topliss-reactive ketones (excluding diaryl/α,β-unsaturated/α-hetero) is 1. The predicted molar refractivity (Wildman–Crippen MR) is 72.4 cm³/mol. The first-order chi connectivity index (χ1) is 8.04. The number of aryl methyl sites for hydroxylation is 2. The van der Waals surface area contributed by atoms with E-state index >= 15 is 0 Å². The van der Waals surface area contributed by atoms with E-state index in [1.165, 1.54) is 0 Å². The number of hydrogen-bond donors (Lipinski definition) is 0. The fourth-order valence-corrected chi connectivity index (χ4v) is 3.37. The standard InChI is InChI=1S/C14H20O3S/c1-10-6-7-12(11(2)8-10)18(16,17)9-13(15)14(3,4)5/h6-8H,9H2,1-5H3. The molecule has 0 amide bonds. The second-order valence-corrected chi connectivity index (χ2v) is 7.66. The highest BCUT2D eigenvalue weighted by Crippen LogP contribution is 2.22. The maximum Gasteiger partial charge on any atom is 0.185 e. The Hall–Kier alpha value is -1.16. The van der Waals surface area contributed by atoms with E-state index in [0.717, 1.165) is 5.56 Å². The SMILES string of the molecule is Cc1ccc(S(=O)(=O)CC(=O)C(C)(C)C)c(C)c1. The molecule has 0 N–H and O–H groups in total. The summed E-state index contributed by atoms with van der Waals surface area (Å²) in [6, 6.07) is 5.14. The zero-order chi connectivity index (χ0) is 14.1. The van der Waals surface area contributed by atoms with E-state index in [-0.39, 0.29) is 10.7 Å². The number of hydrogen-bond acceptors (Lipinski definition) is 3. The van der Waals surface area contributed by atoms with E-state index in [0.29, 0.717) is 5.56 Å². The molecule has 0 saturated heterocycles. The monoisotopic (exact) mass is 268 g/mol. The van der Waals surface area contributed by atoms with Gasteiger partial charge in [0.2, 0.25) is 0 Å². The normalized spacial score (nSPS) is 12.5. The van der Waals surface area contributed by atoms with Gasteiger partial charge in [-0.05, 0) is 25.5 Å². The number of benzene rings is 1. The summed E-state index contributed by atoms with van der Waals surface area (Å²) >= 11 is 0. The molecule has 0 radical (unpaired) electrons. The lowest BCUT2D eigenvalue weighted by Crippen LogP contribution is -2.28. The van der Waals surface area contributed by atoms with Gasteiger partial charge in [-0.2, -0.15) is 0 Å². The second-order valence-electron chi connectivity index (χ2n) is 5.70. The van der Waals surface area contributed by atoms with Crippen molar-refractivity contribution in [3.63, 3.8) is 0 Å². The van der Waals surface area contributed by atoms with Gasteiger partial charge in [-0.1, -0.05) is 38.5 Å². The summed E-state index contributed by atoms with van der Waals surface area (Å²) in [7, 11) is -3.54. The molecule has 0 heterocycles. The van der Waals surface area contributed by atoms with Crippen LogP contribution in [-0.2, 0) is 14.6 Å². The molecule has 0 aliphatic carbocycles. The Bertz CT molecular complexity index is 563. The molecule has 18 heavy (non-hydrogen) atoms. The first-order valence-electron chi connectivity index (χ1n) is 5.87. The summed E-state index contributed by atoms with van der Waals surface area (Å²) in [6.07, 6.45) is 0. The fourth-order valence-electron chi connectivity index (χ4n) is 1.62. The van der Waals surface area contributed by atoms with Crippen molar-refractivity contribution in [2.24, 2.45) is 5.41 Å². The lowest BCUT2D eigenvalue weighted by atomic mass is 9.92. The van der Waals surface area contributed by atoms with Crippen LogP contribution in [0.5, 0.6) is 0 Å². The molecule has 0 atom stereocenters. The van der Waals surface area contributed by atoms with Crippen molar-refractivity contribution in [1.29, 1.82) is 0 Å². The van der Waals surface area contributed by atoms with E-state index in [9.17, 15) is 13.2 Å². The molecule has 3 nitrogen and oxygen atoms in total. The minimum absolute atomic E-state index is 0.255. The van der Waals surface area contributed by atoms with Crippen LogP contribution in [0.1, 0.15) is 31.9 Å². The highest BCUT2D eigenvalue weighted by molar-refractivity contribution is 7.92. The van der Waals surface area contributed by atoms with Crippen LogP contribution in [-0.4, -0.2) is 20.0 Å². The highest BCUT2D eigenvalue weighted by Gasteiger charge is 2.28. The van der Waals surface area contributed by atoms with E-state index in [1.807, 2.05) is 13.0 Å². The Balaban J connectivity index is 3.12. The quantitative estimate of drug-likeness (QED) is 0.847. The lowest BCUT2D eigenvalue weighted by molar-refractivity contribution is -0.123. The van der Waals surface area contributed by atoms with Gasteiger partial charge in [-0.25, -0.2) is 8.42 Å². The number of sulfone groups is 1. The average Bonchev–Trinajstić information content (AvgIpc) is 2.14. The molecule has 100 valence electrons. The van der Waals surface area contributed by atoms with Crippen LogP contribution in [0.4, 0.5) is 0 Å². The van der Waals surface area contributed by atoms with Crippen molar-refractivity contribution in [2.75, 3.05) is 5.75 Å². The molecule has 4 heteroatoms. The van der Waals surface area contributed by atoms with E-state index in [4.69, 9.17) is 0 Å². The first kappa shape index (κ1) is 14.9. The van der Waals surface area contributed by atoms with Gasteiger partial charge in [0.25, 0.3) is 0 Å². The van der Waals surface area contributed by atoms with Crippen molar-refractivity contribution < 1.29 is 13.2 Å². The Morgan fingerprint density at radius 3 is 2.17 bits per heavy atom. The van der Waals surface area contributed by atoms with Gasteiger partial charge in [0.15, 0.2) is 15.6 Å². The molecule has 0 aromatic heterocycles. The molecule has 0 saturated carbocycles. The maximum atomic E-state index is 12.2. The Morgan fingerprint density at radius 2 is 1.72 bits per heavy atom. The molecule has 1 aromatic rings. The van der Waals surface area contributed by atoms with Gasteiger partial charge in [-0.15, -0.1) is 0 Å². The predicted octanol–water partition coefficient (Wildman–Crippen LogP) is 2.69. The molecule has 0 unspecified atom stereocenters. The van der Waals surface area contributed by atoms with Crippen molar-refractivity contribution in [3.05, 3.63) is 29.3 Å². The minimum atomic E-state index is -3.54. The average molecular weight is 268 g/mol. The maximum absolute atomic E-state index is 12.2. The minimum Gasteiger partial charge on any atom is -0.298 e. The van der Waals surface area contributed by atoms with Gasteiger partial charge >= 0.3 is 0 Å². The van der Waals surface area contributed by atoms with E-state index < -0.39 is 21.0 Å². The van der Waals surface area contributed by atoms with Crippen LogP contribution in [0, 0.1) is 19.3 Å². The van der Waals surface area contributed by atoms with E-state index in [1.54, 1.807) is 39.8 Å². The van der Waals surface area contributed by atoms with Crippen molar-refractivity contribution in [1.82, 2.24) is 0 Å². The number of carbonyl (C=O) groups excluding carboxylic acids is 1. The second kappa shape index (κ2) is 4.84. The molecule has 1 aromatic carbocycles. The van der Waals surface area contributed by atoms with Crippen LogP contribution in [0.25, 0.3) is 0 Å². The van der Waals surface area contributed by atoms with Crippen molar-refractivity contribution in [3.8, 4) is 0 Å². The van der Waals surface area contributed by atoms with E-state index in [2.05, 4.69) is 0 Å². The zero-order valence-corrected chi connectivity index (χ0v) is 12.4. The van der Waals surface area contributed by atoms with Gasteiger partial charge in [0.05, 0.1) is 4.90 Å². The molecule has 0 spiro atoms. The summed E-state index contributed by atoms with van der Waals surface area (Å²) in [5.41, 5.74) is 1.07. The molecule has 0 aliphatic heterocycles. The smallest absolute Gasteiger partial charge is 0.185 e. The number of ketones is 1. The first-order valence-corrected chi connectivity index (χ1v) is 7.52. The van der Waals surface area contributed by atoms with Crippen LogP contribution in [0.15, 0.2) is 23.1 Å². The molecule has 0 fully saturated rings. The summed E-state index contributed by atoms with van der Waals surface area (Å²) in [6.45, 7) is 8.84. The highest BCUT2D eigenvalue weighted by atomic mass is 32.2. The topological polar surface area (TPSA) is 51.2 Å². The molecular formula is C14H20O3S. The molecule has 0 bridgehead atoms. The van der Waals surface area contributed by atoms with Gasteiger partial charge < -0.3 is 0 Å². The van der Waals surface area contributed by atoms with Crippen LogP contribution in [0.2, 0.25) is 0 Å². The van der Waals surface area contributed by atoms with Gasteiger partial charge in [-0.3, -0.25) is 4.79 Å². The zero-order valence-electron chi connectivity index (χ0n) is 11.6. The third-order valence-electron chi connectivity index (χ3n) is 2.82. The Kier molecular flexibility index (Phi) is 4.01. The third-order valence-corrected chi connectivity index (χ3v) is 4.59. The summed E-state index contributed by atoms with van der Waals surface area (Å²) < 4.78 is 24.4. The molecule has 1 rings (SSSR count). The Morgan fingerprint density at radius 1 is 1.17 bits per heavy atom.